The van der Waals surface area contributed by atoms with Gasteiger partial charge in [-0.3, -0.25) is 4.79 Å². The molecule has 0 atom stereocenters. The number of aryl methyl sites for hydroxylation is 1. The Bertz CT molecular complexity index is 409. The molecule has 1 aromatic rings. The van der Waals surface area contributed by atoms with Crippen LogP contribution in [0.5, 0.6) is 0 Å². The number of likely N-dealkylation sites (N-methyl/N-ethyl adjacent to an activating group) is 1. The number of aromatic carboxylic acids is 1. The summed E-state index contributed by atoms with van der Waals surface area (Å²) in [6.45, 7) is 4.27. The van der Waals surface area contributed by atoms with Gasteiger partial charge >= 0.3 is 5.97 Å². The molecule has 1 N–H and O–H groups in total. The molecule has 0 radical (unpaired) electrons. The van der Waals surface area contributed by atoms with Gasteiger partial charge in [0.1, 0.15) is 12.2 Å². The summed E-state index contributed by atoms with van der Waals surface area (Å²) in [5, 5.41) is 9.00. The van der Waals surface area contributed by atoms with E-state index in [-0.39, 0.29) is 18.1 Å². The molecule has 0 aromatic carbocycles. The molecule has 0 aliphatic rings. The second kappa shape index (κ2) is 4.83. The molecular formula is C11H16N2O3. The summed E-state index contributed by atoms with van der Waals surface area (Å²) in [5.41, 5.74) is 0.845. The summed E-state index contributed by atoms with van der Waals surface area (Å²) in [6, 6.07) is 1.70. The number of carboxylic acids is 1. The van der Waals surface area contributed by atoms with Crippen LogP contribution in [0, 0.1) is 6.92 Å². The molecule has 1 rings (SSSR count). The molecule has 1 heterocycles. The van der Waals surface area contributed by atoms with Crippen molar-refractivity contribution in [2.75, 3.05) is 13.6 Å². The zero-order chi connectivity index (χ0) is 12.3. The molecule has 1 amide bonds. The number of amides is 1. The first-order valence-electron chi connectivity index (χ1n) is 5.10. The van der Waals surface area contributed by atoms with Crippen LogP contribution in [-0.4, -0.2) is 40.0 Å². The summed E-state index contributed by atoms with van der Waals surface area (Å²) in [5.74, 6) is -1.10. The van der Waals surface area contributed by atoms with Crippen molar-refractivity contribution in [1.82, 2.24) is 9.47 Å². The van der Waals surface area contributed by atoms with Gasteiger partial charge in [0.15, 0.2) is 0 Å². The van der Waals surface area contributed by atoms with Crippen molar-refractivity contribution in [3.05, 3.63) is 23.5 Å². The summed E-state index contributed by atoms with van der Waals surface area (Å²) < 4.78 is 1.46. The fraction of sp³-hybridized carbons (Fsp3) is 0.455. The van der Waals surface area contributed by atoms with E-state index in [2.05, 4.69) is 0 Å². The minimum Gasteiger partial charge on any atom is -0.477 e. The van der Waals surface area contributed by atoms with E-state index in [1.165, 1.54) is 4.57 Å². The first kappa shape index (κ1) is 12.3. The van der Waals surface area contributed by atoms with E-state index >= 15 is 0 Å². The molecule has 0 aliphatic heterocycles. The molecule has 0 saturated carbocycles. The van der Waals surface area contributed by atoms with Crippen LogP contribution < -0.4 is 0 Å². The van der Waals surface area contributed by atoms with Crippen molar-refractivity contribution >= 4 is 11.9 Å². The highest BCUT2D eigenvalue weighted by Crippen LogP contribution is 2.10. The number of carboxylic acid groups (broad SMARTS) is 1. The average Bonchev–Trinajstić information content (AvgIpc) is 2.58. The van der Waals surface area contributed by atoms with Crippen molar-refractivity contribution in [2.24, 2.45) is 0 Å². The second-order valence-corrected chi connectivity index (χ2v) is 3.69. The van der Waals surface area contributed by atoms with Gasteiger partial charge in [-0.25, -0.2) is 4.79 Å². The molecule has 0 unspecified atom stereocenters. The number of rotatable bonds is 4. The quantitative estimate of drug-likeness (QED) is 0.829. The van der Waals surface area contributed by atoms with Gasteiger partial charge in [-0.2, -0.15) is 0 Å². The van der Waals surface area contributed by atoms with Crippen LogP contribution in [0.2, 0.25) is 0 Å². The molecule has 88 valence electrons. The van der Waals surface area contributed by atoms with Crippen molar-refractivity contribution < 1.29 is 14.7 Å². The third-order valence-corrected chi connectivity index (χ3v) is 2.57. The lowest BCUT2D eigenvalue weighted by Crippen LogP contribution is -2.30. The minimum atomic E-state index is -1.01. The maximum absolute atomic E-state index is 11.6. The Kier molecular flexibility index (Phi) is 3.71. The van der Waals surface area contributed by atoms with Gasteiger partial charge in [0.2, 0.25) is 5.91 Å². The average molecular weight is 224 g/mol. The van der Waals surface area contributed by atoms with E-state index in [1.54, 1.807) is 31.1 Å². The van der Waals surface area contributed by atoms with Crippen LogP contribution in [0.15, 0.2) is 12.3 Å². The predicted molar refractivity (Wildman–Crippen MR) is 59.4 cm³/mol. The van der Waals surface area contributed by atoms with Crippen LogP contribution in [0.25, 0.3) is 0 Å². The Morgan fingerprint density at radius 1 is 1.50 bits per heavy atom. The number of carbonyl (C=O) groups excluding carboxylic acids is 1. The largest absolute Gasteiger partial charge is 0.477 e. The smallest absolute Gasteiger partial charge is 0.352 e. The van der Waals surface area contributed by atoms with Gasteiger partial charge in [-0.05, 0) is 25.5 Å². The van der Waals surface area contributed by atoms with E-state index in [0.29, 0.717) is 12.1 Å². The number of aromatic nitrogens is 1. The monoisotopic (exact) mass is 224 g/mol. The van der Waals surface area contributed by atoms with Crippen LogP contribution in [-0.2, 0) is 11.3 Å². The first-order valence-corrected chi connectivity index (χ1v) is 5.10. The lowest BCUT2D eigenvalue weighted by molar-refractivity contribution is -0.130. The van der Waals surface area contributed by atoms with E-state index in [4.69, 9.17) is 5.11 Å². The molecule has 0 saturated heterocycles. The molecule has 0 aliphatic carbocycles. The van der Waals surface area contributed by atoms with E-state index < -0.39 is 5.97 Å². The van der Waals surface area contributed by atoms with Gasteiger partial charge < -0.3 is 14.6 Å². The first-order chi connectivity index (χ1) is 7.47. The molecule has 1 aromatic heterocycles. The van der Waals surface area contributed by atoms with Crippen LogP contribution in [0.3, 0.4) is 0 Å². The Labute approximate surface area is 94.3 Å². The Hall–Kier alpha value is -1.78. The molecule has 5 nitrogen and oxygen atoms in total. The van der Waals surface area contributed by atoms with Crippen molar-refractivity contribution in [2.45, 2.75) is 20.4 Å². The Morgan fingerprint density at radius 2 is 2.12 bits per heavy atom. The molecule has 5 heteroatoms. The summed E-state index contributed by atoms with van der Waals surface area (Å²) in [6.07, 6.45) is 1.63. The third-order valence-electron chi connectivity index (χ3n) is 2.57. The van der Waals surface area contributed by atoms with Crippen LogP contribution in [0.1, 0.15) is 23.0 Å². The molecule has 0 spiro atoms. The SMILES string of the molecule is CCN(C)C(=O)Cn1ccc(C)c1C(=O)O. The number of hydrogen-bond donors (Lipinski definition) is 1. The number of nitrogens with zero attached hydrogens (tertiary/aromatic N) is 2. The normalized spacial score (nSPS) is 10.2. The highest BCUT2D eigenvalue weighted by atomic mass is 16.4. The van der Waals surface area contributed by atoms with Gasteiger partial charge in [0.25, 0.3) is 0 Å². The maximum atomic E-state index is 11.6. The fourth-order valence-electron chi connectivity index (χ4n) is 1.45. The zero-order valence-electron chi connectivity index (χ0n) is 9.73. The molecular weight excluding hydrogens is 208 g/mol. The number of carbonyl (C=O) groups is 2. The Balaban J connectivity index is 2.90. The Morgan fingerprint density at radius 3 is 2.62 bits per heavy atom. The van der Waals surface area contributed by atoms with E-state index in [1.807, 2.05) is 6.92 Å². The standard InChI is InChI=1S/C11H16N2O3/c1-4-12(3)9(14)7-13-6-5-8(2)10(13)11(15)16/h5-6H,4,7H2,1-3H3,(H,15,16). The van der Waals surface area contributed by atoms with E-state index in [0.717, 1.165) is 0 Å². The minimum absolute atomic E-state index is 0.0693. The lowest BCUT2D eigenvalue weighted by atomic mass is 10.3. The van der Waals surface area contributed by atoms with Gasteiger partial charge in [0.05, 0.1) is 0 Å². The van der Waals surface area contributed by atoms with Crippen molar-refractivity contribution in [3.63, 3.8) is 0 Å². The second-order valence-electron chi connectivity index (χ2n) is 3.69. The summed E-state index contributed by atoms with van der Waals surface area (Å²) >= 11 is 0. The zero-order valence-corrected chi connectivity index (χ0v) is 9.73. The van der Waals surface area contributed by atoms with Crippen molar-refractivity contribution in [3.8, 4) is 0 Å². The lowest BCUT2D eigenvalue weighted by Gasteiger charge is -2.15. The van der Waals surface area contributed by atoms with Crippen molar-refractivity contribution in [1.29, 1.82) is 0 Å². The molecule has 16 heavy (non-hydrogen) atoms. The molecule has 0 bridgehead atoms. The van der Waals surface area contributed by atoms with Crippen LogP contribution >= 0.6 is 0 Å². The molecule has 0 fully saturated rings. The van der Waals surface area contributed by atoms with Gasteiger partial charge in [-0.15, -0.1) is 0 Å². The maximum Gasteiger partial charge on any atom is 0.352 e. The highest BCUT2D eigenvalue weighted by Gasteiger charge is 2.16. The highest BCUT2D eigenvalue weighted by molar-refractivity contribution is 5.88. The third kappa shape index (κ3) is 2.42. The van der Waals surface area contributed by atoms with E-state index in [9.17, 15) is 9.59 Å². The fourth-order valence-corrected chi connectivity index (χ4v) is 1.45. The summed E-state index contributed by atoms with van der Waals surface area (Å²) in [4.78, 5) is 24.2. The topological polar surface area (TPSA) is 62.5 Å². The van der Waals surface area contributed by atoms with Gasteiger partial charge in [-0.1, -0.05) is 0 Å². The number of hydrogen-bond acceptors (Lipinski definition) is 2. The van der Waals surface area contributed by atoms with Gasteiger partial charge in [0, 0.05) is 19.8 Å². The summed E-state index contributed by atoms with van der Waals surface area (Å²) in [7, 11) is 1.69. The predicted octanol–water partition coefficient (Wildman–Crippen LogP) is 0.973. The van der Waals surface area contributed by atoms with Crippen LogP contribution in [0.4, 0.5) is 0 Å².